The molecule has 20 heavy (non-hydrogen) atoms. The minimum Gasteiger partial charge on any atom is -0.495 e. The molecular weight excluding hydrogens is 325 g/mol. The van der Waals surface area contributed by atoms with Crippen molar-refractivity contribution in [1.82, 2.24) is 10.2 Å². The number of aromatic nitrogens is 2. The molecule has 0 aliphatic rings. The maximum atomic E-state index is 12.2. The van der Waals surface area contributed by atoms with Crippen LogP contribution in [0.4, 0.5) is 5.82 Å². The summed E-state index contributed by atoms with van der Waals surface area (Å²) in [7, 11) is -2.51. The third-order valence-electron chi connectivity index (χ3n) is 2.29. The maximum Gasteiger partial charge on any atom is 0.266 e. The van der Waals surface area contributed by atoms with Gasteiger partial charge in [-0.1, -0.05) is 23.2 Å². The first-order valence-electron chi connectivity index (χ1n) is 5.28. The van der Waals surface area contributed by atoms with Crippen LogP contribution in [0.25, 0.3) is 0 Å². The molecule has 9 heteroatoms. The molecule has 106 valence electrons. The van der Waals surface area contributed by atoms with Crippen LogP contribution in [0.3, 0.4) is 0 Å². The number of ether oxygens (including phenoxy) is 1. The van der Waals surface area contributed by atoms with E-state index in [1.165, 1.54) is 37.4 Å². The second-order valence-electron chi connectivity index (χ2n) is 3.64. The highest BCUT2D eigenvalue weighted by Crippen LogP contribution is 2.28. The molecule has 6 nitrogen and oxygen atoms in total. The lowest BCUT2D eigenvalue weighted by atomic mass is 10.3. The van der Waals surface area contributed by atoms with Crippen LogP contribution in [0.1, 0.15) is 0 Å². The number of nitrogens with zero attached hydrogens (tertiary/aromatic N) is 2. The van der Waals surface area contributed by atoms with Crippen molar-refractivity contribution < 1.29 is 13.2 Å². The summed E-state index contributed by atoms with van der Waals surface area (Å²) in [6, 6.07) is 7.02. The number of benzene rings is 1. The van der Waals surface area contributed by atoms with Gasteiger partial charge < -0.3 is 4.74 Å². The van der Waals surface area contributed by atoms with Gasteiger partial charge in [-0.15, -0.1) is 10.2 Å². The van der Waals surface area contributed by atoms with Gasteiger partial charge in [0.2, 0.25) is 0 Å². The Morgan fingerprint density at radius 3 is 2.50 bits per heavy atom. The molecule has 0 unspecified atom stereocenters. The van der Waals surface area contributed by atoms with E-state index >= 15 is 0 Å². The molecule has 2 rings (SSSR count). The number of hydrogen-bond donors (Lipinski definition) is 1. The lowest BCUT2D eigenvalue weighted by Gasteiger charge is -2.10. The Morgan fingerprint density at radius 1 is 1.15 bits per heavy atom. The zero-order valence-corrected chi connectivity index (χ0v) is 12.5. The van der Waals surface area contributed by atoms with Crippen LogP contribution in [0.2, 0.25) is 10.2 Å². The topological polar surface area (TPSA) is 81.2 Å². The van der Waals surface area contributed by atoms with E-state index in [-0.39, 0.29) is 21.6 Å². The van der Waals surface area contributed by atoms with Gasteiger partial charge in [-0.3, -0.25) is 4.72 Å². The average Bonchev–Trinajstić information content (AvgIpc) is 2.40. The summed E-state index contributed by atoms with van der Waals surface area (Å²) in [4.78, 5) is -0.0545. The largest absolute Gasteiger partial charge is 0.495 e. The van der Waals surface area contributed by atoms with Crippen LogP contribution in [-0.2, 0) is 10.0 Å². The summed E-state index contributed by atoms with van der Waals surface area (Å²) >= 11 is 11.4. The zero-order chi connectivity index (χ0) is 14.8. The van der Waals surface area contributed by atoms with Gasteiger partial charge in [-0.25, -0.2) is 8.42 Å². The Morgan fingerprint density at radius 2 is 1.90 bits per heavy atom. The summed E-state index contributed by atoms with van der Waals surface area (Å²) in [5.74, 6) is 0.179. The number of nitrogens with one attached hydrogen (secondary N) is 1. The predicted molar refractivity (Wildman–Crippen MR) is 75.9 cm³/mol. The fourth-order valence-corrected chi connectivity index (χ4v) is 2.84. The summed E-state index contributed by atoms with van der Waals surface area (Å²) in [6.45, 7) is 0. The highest BCUT2D eigenvalue weighted by Gasteiger charge is 2.20. The first-order valence-corrected chi connectivity index (χ1v) is 7.52. The number of hydrogen-bond acceptors (Lipinski definition) is 5. The lowest BCUT2D eigenvalue weighted by molar-refractivity contribution is 0.403. The van der Waals surface area contributed by atoms with E-state index in [1.54, 1.807) is 0 Å². The van der Waals surface area contributed by atoms with Crippen molar-refractivity contribution in [2.45, 2.75) is 4.90 Å². The van der Waals surface area contributed by atoms with E-state index in [2.05, 4.69) is 14.9 Å². The molecule has 0 atom stereocenters. The molecule has 0 radical (unpaired) electrons. The van der Waals surface area contributed by atoms with Gasteiger partial charge in [-0.05, 0) is 24.3 Å². The van der Waals surface area contributed by atoms with Crippen molar-refractivity contribution in [1.29, 1.82) is 0 Å². The van der Waals surface area contributed by atoms with Gasteiger partial charge >= 0.3 is 0 Å². The Kier molecular flexibility index (Phi) is 4.32. The second-order valence-corrected chi connectivity index (χ2v) is 6.12. The molecule has 1 aromatic carbocycles. The van der Waals surface area contributed by atoms with Crippen LogP contribution < -0.4 is 9.46 Å². The zero-order valence-electron chi connectivity index (χ0n) is 10.2. The van der Waals surface area contributed by atoms with Crippen LogP contribution in [0.5, 0.6) is 5.75 Å². The average molecular weight is 334 g/mol. The van der Waals surface area contributed by atoms with Crippen LogP contribution in [0.15, 0.2) is 35.2 Å². The number of rotatable bonds is 4. The number of sulfonamides is 1. The molecular formula is C11H9Cl2N3O3S. The first kappa shape index (κ1) is 14.8. The van der Waals surface area contributed by atoms with Crippen LogP contribution >= 0.6 is 23.2 Å². The van der Waals surface area contributed by atoms with E-state index in [9.17, 15) is 8.42 Å². The van der Waals surface area contributed by atoms with Gasteiger partial charge in [0.25, 0.3) is 10.0 Å². The molecule has 2 aromatic rings. The quantitative estimate of drug-likeness (QED) is 0.929. The monoisotopic (exact) mass is 333 g/mol. The summed E-state index contributed by atoms with van der Waals surface area (Å²) in [5.41, 5.74) is 0. The first-order chi connectivity index (χ1) is 9.42. The van der Waals surface area contributed by atoms with Gasteiger partial charge in [0.05, 0.1) is 7.11 Å². The van der Waals surface area contributed by atoms with E-state index in [1.807, 2.05) is 0 Å². The summed E-state index contributed by atoms with van der Waals surface area (Å²) < 4.78 is 31.8. The smallest absolute Gasteiger partial charge is 0.266 e. The Hall–Kier alpha value is -1.57. The molecule has 0 spiro atoms. The fraction of sp³-hybridized carbons (Fsp3) is 0.0909. The number of methoxy groups -OCH3 is 1. The lowest BCUT2D eigenvalue weighted by Crippen LogP contribution is -2.15. The maximum absolute atomic E-state index is 12.2. The van der Waals surface area contributed by atoms with Gasteiger partial charge in [-0.2, -0.15) is 0 Å². The Labute approximate surface area is 125 Å². The molecule has 0 aliphatic carbocycles. The van der Waals surface area contributed by atoms with E-state index in [0.717, 1.165) is 0 Å². The van der Waals surface area contributed by atoms with E-state index in [0.29, 0.717) is 5.02 Å². The predicted octanol–water partition coefficient (Wildman–Crippen LogP) is 2.59. The molecule has 0 amide bonds. The highest BCUT2D eigenvalue weighted by molar-refractivity contribution is 7.92. The minimum atomic E-state index is -3.86. The molecule has 0 saturated carbocycles. The minimum absolute atomic E-state index is 0.0476. The molecule has 0 aliphatic heterocycles. The Balaban J connectivity index is 2.38. The highest BCUT2D eigenvalue weighted by atomic mass is 35.5. The van der Waals surface area contributed by atoms with Crippen molar-refractivity contribution in [3.8, 4) is 5.75 Å². The molecule has 0 saturated heterocycles. The summed E-state index contributed by atoms with van der Waals surface area (Å²) in [5, 5.41) is 7.70. The molecule has 1 heterocycles. The molecule has 0 bridgehead atoms. The number of anilines is 1. The van der Waals surface area contributed by atoms with Crippen molar-refractivity contribution in [3.05, 3.63) is 40.5 Å². The van der Waals surface area contributed by atoms with Gasteiger partial charge in [0, 0.05) is 11.1 Å². The van der Waals surface area contributed by atoms with Crippen LogP contribution in [-0.4, -0.2) is 25.7 Å². The molecule has 0 fully saturated rings. The van der Waals surface area contributed by atoms with Crippen molar-refractivity contribution in [2.24, 2.45) is 0 Å². The van der Waals surface area contributed by atoms with Crippen molar-refractivity contribution in [2.75, 3.05) is 11.8 Å². The number of halogens is 2. The standard InChI is InChI=1S/C11H9Cl2N3O3S/c1-19-8-6-7(12)2-3-9(8)20(17,18)16-11-5-4-10(13)14-15-11/h2-6H,1H3,(H,15,16). The fourth-order valence-electron chi connectivity index (χ4n) is 1.43. The van der Waals surface area contributed by atoms with Crippen molar-refractivity contribution >= 4 is 39.0 Å². The second kappa shape index (κ2) is 5.82. The third-order valence-corrected chi connectivity index (χ3v) is 4.12. The Bertz CT molecular complexity index is 720. The van der Waals surface area contributed by atoms with E-state index in [4.69, 9.17) is 27.9 Å². The van der Waals surface area contributed by atoms with Gasteiger partial charge in [0.1, 0.15) is 10.6 Å². The van der Waals surface area contributed by atoms with Crippen LogP contribution in [0, 0.1) is 0 Å². The normalized spacial score (nSPS) is 11.2. The van der Waals surface area contributed by atoms with E-state index < -0.39 is 10.0 Å². The molecule has 1 N–H and O–H groups in total. The SMILES string of the molecule is COc1cc(Cl)ccc1S(=O)(=O)Nc1ccc(Cl)nn1. The van der Waals surface area contributed by atoms with Gasteiger partial charge in [0.15, 0.2) is 11.0 Å². The van der Waals surface area contributed by atoms with Crippen molar-refractivity contribution in [3.63, 3.8) is 0 Å². The molecule has 1 aromatic heterocycles. The third kappa shape index (κ3) is 3.30. The summed E-state index contributed by atoms with van der Waals surface area (Å²) in [6.07, 6.45) is 0.